The zero-order valence-electron chi connectivity index (χ0n) is 16.5. The maximum absolute atomic E-state index is 12.5. The third-order valence-electron chi connectivity index (χ3n) is 3.98. The van der Waals surface area contributed by atoms with Crippen LogP contribution >= 0.6 is 11.6 Å². The number of carbonyl (C=O) groups is 3. The minimum absolute atomic E-state index is 0.0396. The van der Waals surface area contributed by atoms with E-state index in [2.05, 4.69) is 10.6 Å². The molecule has 0 bridgehead atoms. The van der Waals surface area contributed by atoms with Crippen molar-refractivity contribution in [2.24, 2.45) is 5.73 Å². The van der Waals surface area contributed by atoms with E-state index in [1.54, 1.807) is 18.2 Å². The van der Waals surface area contributed by atoms with E-state index in [0.29, 0.717) is 27.5 Å². The molecule has 2 aromatic rings. The summed E-state index contributed by atoms with van der Waals surface area (Å²) in [5, 5.41) is 21.4. The Labute approximate surface area is 182 Å². The first-order valence-electron chi connectivity index (χ1n) is 8.91. The lowest BCUT2D eigenvalue weighted by Crippen LogP contribution is -2.33. The van der Waals surface area contributed by atoms with Crippen LogP contribution in [-0.2, 0) is 16.1 Å². The molecular formula is C20H21ClN4O6. The molecule has 0 atom stereocenters. The molecule has 2 aromatic carbocycles. The number of carboxylic acid groups (broad SMARTS) is 1. The number of ether oxygens (including phenoxy) is 2. The molecule has 0 aromatic heterocycles. The number of nitrogen functional groups attached to an aromatic ring is 1. The molecule has 6 N–H and O–H groups in total. The molecule has 11 heteroatoms. The summed E-state index contributed by atoms with van der Waals surface area (Å²) < 4.78 is 10.6. The van der Waals surface area contributed by atoms with E-state index in [0.717, 1.165) is 0 Å². The van der Waals surface area contributed by atoms with Crippen molar-refractivity contribution in [2.75, 3.05) is 20.3 Å². The molecule has 2 amide bonds. The Kier molecular flexibility index (Phi) is 8.21. The average molecular weight is 449 g/mol. The van der Waals surface area contributed by atoms with Crippen molar-refractivity contribution in [1.29, 1.82) is 5.41 Å². The first kappa shape index (κ1) is 23.5. The molecule has 2 rings (SSSR count). The Hall–Kier alpha value is -3.79. The SMILES string of the molecule is COc1cc(Cl)cc(C(=O)NCc2ccc(C(=N)N)cc2OCC(=O)NCC(=O)O)c1. The summed E-state index contributed by atoms with van der Waals surface area (Å²) in [6.07, 6.45) is 0. The predicted molar refractivity (Wildman–Crippen MR) is 113 cm³/mol. The quantitative estimate of drug-likeness (QED) is 0.268. The number of methoxy groups -OCH3 is 1. The zero-order valence-corrected chi connectivity index (χ0v) is 17.3. The van der Waals surface area contributed by atoms with Gasteiger partial charge in [-0.05, 0) is 24.3 Å². The van der Waals surface area contributed by atoms with Crippen LogP contribution in [0.1, 0.15) is 21.5 Å². The number of benzene rings is 2. The number of nitrogens with one attached hydrogen (secondary N) is 3. The van der Waals surface area contributed by atoms with E-state index in [4.69, 9.17) is 37.3 Å². The van der Waals surface area contributed by atoms with Crippen molar-refractivity contribution in [3.8, 4) is 11.5 Å². The monoisotopic (exact) mass is 448 g/mol. The van der Waals surface area contributed by atoms with E-state index < -0.39 is 30.9 Å². The molecular weight excluding hydrogens is 428 g/mol. The number of hydrogen-bond acceptors (Lipinski definition) is 6. The van der Waals surface area contributed by atoms with Crippen molar-refractivity contribution in [2.45, 2.75) is 6.54 Å². The molecule has 0 unspecified atom stereocenters. The molecule has 10 nitrogen and oxygen atoms in total. The Morgan fingerprint density at radius 1 is 1.13 bits per heavy atom. The number of aliphatic carboxylic acids is 1. The van der Waals surface area contributed by atoms with Gasteiger partial charge in [0.15, 0.2) is 6.61 Å². The summed E-state index contributed by atoms with van der Waals surface area (Å²) >= 11 is 5.99. The molecule has 164 valence electrons. The van der Waals surface area contributed by atoms with Gasteiger partial charge in [-0.1, -0.05) is 23.7 Å². The van der Waals surface area contributed by atoms with Crippen LogP contribution in [0.25, 0.3) is 0 Å². The highest BCUT2D eigenvalue weighted by molar-refractivity contribution is 6.31. The fourth-order valence-electron chi connectivity index (χ4n) is 2.46. The lowest BCUT2D eigenvalue weighted by molar-refractivity contribution is -0.138. The number of carbonyl (C=O) groups excluding carboxylic acids is 2. The van der Waals surface area contributed by atoms with E-state index in [-0.39, 0.29) is 18.1 Å². The molecule has 0 spiro atoms. The van der Waals surface area contributed by atoms with Gasteiger partial charge in [0.25, 0.3) is 11.8 Å². The second kappa shape index (κ2) is 10.8. The lowest BCUT2D eigenvalue weighted by atomic mass is 10.1. The summed E-state index contributed by atoms with van der Waals surface area (Å²) in [4.78, 5) is 34.8. The van der Waals surface area contributed by atoms with Crippen LogP contribution in [0.4, 0.5) is 0 Å². The lowest BCUT2D eigenvalue weighted by Gasteiger charge is -2.14. The highest BCUT2D eigenvalue weighted by Gasteiger charge is 2.13. The van der Waals surface area contributed by atoms with Crippen LogP contribution in [0.5, 0.6) is 11.5 Å². The van der Waals surface area contributed by atoms with E-state index in [1.807, 2.05) is 0 Å². The third kappa shape index (κ3) is 7.19. The molecule has 0 fully saturated rings. The Morgan fingerprint density at radius 2 is 1.87 bits per heavy atom. The number of hydrogen-bond donors (Lipinski definition) is 5. The summed E-state index contributed by atoms with van der Waals surface area (Å²) in [7, 11) is 1.46. The van der Waals surface area contributed by atoms with Crippen molar-refractivity contribution in [1.82, 2.24) is 10.6 Å². The number of nitrogens with two attached hydrogens (primary N) is 1. The van der Waals surface area contributed by atoms with Crippen molar-refractivity contribution in [3.63, 3.8) is 0 Å². The molecule has 0 saturated heterocycles. The van der Waals surface area contributed by atoms with Crippen molar-refractivity contribution < 1.29 is 29.0 Å². The maximum atomic E-state index is 12.5. The van der Waals surface area contributed by atoms with Crippen LogP contribution in [0.3, 0.4) is 0 Å². The summed E-state index contributed by atoms with van der Waals surface area (Å²) in [5.41, 5.74) is 6.66. The summed E-state index contributed by atoms with van der Waals surface area (Å²) in [5.74, 6) is -1.81. The molecule has 0 aliphatic carbocycles. The molecule has 0 heterocycles. The Balaban J connectivity index is 2.13. The van der Waals surface area contributed by atoms with Crippen LogP contribution in [0.15, 0.2) is 36.4 Å². The van der Waals surface area contributed by atoms with Gasteiger partial charge in [0.1, 0.15) is 23.9 Å². The Bertz CT molecular complexity index is 1010. The van der Waals surface area contributed by atoms with Gasteiger partial charge in [-0.2, -0.15) is 0 Å². The second-order valence-corrected chi connectivity index (χ2v) is 6.69. The van der Waals surface area contributed by atoms with Gasteiger partial charge in [0, 0.05) is 28.3 Å². The van der Waals surface area contributed by atoms with Gasteiger partial charge < -0.3 is 30.9 Å². The standard InChI is InChI=1S/C20H21ClN4O6/c1-30-15-5-13(4-14(21)7-15)20(29)25-8-12-3-2-11(19(22)23)6-16(12)31-10-17(26)24-9-18(27)28/h2-7H,8-10H2,1H3,(H3,22,23)(H,24,26)(H,25,29)(H,27,28). The van der Waals surface area contributed by atoms with Crippen molar-refractivity contribution in [3.05, 3.63) is 58.1 Å². The molecule has 0 aliphatic heterocycles. The fraction of sp³-hybridized carbons (Fsp3) is 0.200. The maximum Gasteiger partial charge on any atom is 0.322 e. The van der Waals surface area contributed by atoms with Gasteiger partial charge in [-0.25, -0.2) is 0 Å². The fourth-order valence-corrected chi connectivity index (χ4v) is 2.69. The number of halogens is 1. The Morgan fingerprint density at radius 3 is 2.52 bits per heavy atom. The number of rotatable bonds is 10. The van der Waals surface area contributed by atoms with Gasteiger partial charge in [0.2, 0.25) is 0 Å². The smallest absolute Gasteiger partial charge is 0.322 e. The van der Waals surface area contributed by atoms with Crippen LogP contribution < -0.4 is 25.8 Å². The van der Waals surface area contributed by atoms with Gasteiger partial charge in [-0.15, -0.1) is 0 Å². The first-order valence-corrected chi connectivity index (χ1v) is 9.28. The molecule has 31 heavy (non-hydrogen) atoms. The van der Waals surface area contributed by atoms with Crippen LogP contribution in [0.2, 0.25) is 5.02 Å². The first-order chi connectivity index (χ1) is 14.7. The third-order valence-corrected chi connectivity index (χ3v) is 4.20. The number of carboxylic acids is 1. The minimum Gasteiger partial charge on any atom is -0.497 e. The van der Waals surface area contributed by atoms with E-state index in [9.17, 15) is 14.4 Å². The van der Waals surface area contributed by atoms with Gasteiger partial charge in [-0.3, -0.25) is 19.8 Å². The van der Waals surface area contributed by atoms with Crippen molar-refractivity contribution >= 4 is 35.2 Å². The topological polar surface area (TPSA) is 164 Å². The second-order valence-electron chi connectivity index (χ2n) is 6.26. The highest BCUT2D eigenvalue weighted by Crippen LogP contribution is 2.23. The predicted octanol–water partition coefficient (Wildman–Crippen LogP) is 1.14. The summed E-state index contributed by atoms with van der Waals surface area (Å²) in [6, 6.07) is 9.22. The zero-order chi connectivity index (χ0) is 23.0. The summed E-state index contributed by atoms with van der Waals surface area (Å²) in [6.45, 7) is -0.958. The molecule has 0 radical (unpaired) electrons. The van der Waals surface area contributed by atoms with Crippen LogP contribution in [-0.4, -0.2) is 49.0 Å². The van der Waals surface area contributed by atoms with E-state index in [1.165, 1.54) is 25.3 Å². The highest BCUT2D eigenvalue weighted by atomic mass is 35.5. The van der Waals surface area contributed by atoms with E-state index >= 15 is 0 Å². The normalized spacial score (nSPS) is 10.1. The minimum atomic E-state index is -1.19. The van der Waals surface area contributed by atoms with Crippen LogP contribution in [0, 0.1) is 5.41 Å². The van der Waals surface area contributed by atoms with Gasteiger partial charge >= 0.3 is 5.97 Å². The molecule has 0 saturated carbocycles. The largest absolute Gasteiger partial charge is 0.497 e. The molecule has 0 aliphatic rings. The number of amides is 2. The number of amidine groups is 1. The average Bonchev–Trinajstić information content (AvgIpc) is 2.74. The van der Waals surface area contributed by atoms with Gasteiger partial charge in [0.05, 0.1) is 7.11 Å².